The maximum absolute atomic E-state index is 11.0. The van der Waals surface area contributed by atoms with E-state index in [1.165, 1.54) is 6.26 Å². The van der Waals surface area contributed by atoms with Gasteiger partial charge in [-0.1, -0.05) is 0 Å². The number of sulfone groups is 1. The maximum atomic E-state index is 11.0. The van der Waals surface area contributed by atoms with Gasteiger partial charge in [0.15, 0.2) is 0 Å². The molecule has 5 nitrogen and oxygen atoms in total. The van der Waals surface area contributed by atoms with Crippen molar-refractivity contribution in [3.63, 3.8) is 0 Å². The number of likely N-dealkylation sites (N-methyl/N-ethyl adjacent to an activating group) is 1. The van der Waals surface area contributed by atoms with Crippen LogP contribution in [0.3, 0.4) is 0 Å². The van der Waals surface area contributed by atoms with Crippen LogP contribution >= 0.6 is 0 Å². The smallest absolute Gasteiger partial charge is 0.148 e. The van der Waals surface area contributed by atoms with Crippen molar-refractivity contribution in [1.82, 2.24) is 4.90 Å². The molecule has 1 fully saturated rings. The fourth-order valence-corrected chi connectivity index (χ4v) is 2.34. The Balaban J connectivity index is 2.44. The Morgan fingerprint density at radius 3 is 2.50 bits per heavy atom. The van der Waals surface area contributed by atoms with Crippen molar-refractivity contribution < 1.29 is 8.42 Å². The second-order valence-electron chi connectivity index (χ2n) is 4.79. The predicted octanol–water partition coefficient (Wildman–Crippen LogP) is -0.406. The second kappa shape index (κ2) is 4.70. The van der Waals surface area contributed by atoms with Crippen molar-refractivity contribution in [3.8, 4) is 6.07 Å². The van der Waals surface area contributed by atoms with Crippen LogP contribution in [0.5, 0.6) is 0 Å². The van der Waals surface area contributed by atoms with Crippen LogP contribution in [0.1, 0.15) is 12.8 Å². The maximum Gasteiger partial charge on any atom is 0.148 e. The van der Waals surface area contributed by atoms with E-state index in [-0.39, 0.29) is 11.7 Å². The van der Waals surface area contributed by atoms with E-state index in [1.807, 2.05) is 4.90 Å². The Labute approximate surface area is 97.1 Å². The van der Waals surface area contributed by atoms with E-state index in [2.05, 4.69) is 6.07 Å². The summed E-state index contributed by atoms with van der Waals surface area (Å²) in [5.41, 5.74) is 5.18. The van der Waals surface area contributed by atoms with Crippen LogP contribution < -0.4 is 5.73 Å². The summed E-state index contributed by atoms with van der Waals surface area (Å²) >= 11 is 0. The quantitative estimate of drug-likeness (QED) is 0.687. The summed E-state index contributed by atoms with van der Waals surface area (Å²) in [6.07, 6.45) is 3.22. The highest BCUT2D eigenvalue weighted by Gasteiger charge is 2.43. The molecule has 2 N–H and O–H groups in total. The van der Waals surface area contributed by atoms with Crippen LogP contribution in [0, 0.1) is 17.2 Å². The van der Waals surface area contributed by atoms with Crippen molar-refractivity contribution in [1.29, 1.82) is 5.26 Å². The first kappa shape index (κ1) is 13.4. The zero-order valence-corrected chi connectivity index (χ0v) is 10.6. The molecular weight excluding hydrogens is 226 g/mol. The standard InChI is InChI=1S/C10H19N3O2S/c1-13(5-6-16(2,14)15)8-10(12,7-11)9-3-4-9/h9H,3-6,8,12H2,1-2H3. The largest absolute Gasteiger partial charge is 0.312 e. The molecule has 0 aromatic heterocycles. The van der Waals surface area contributed by atoms with Crippen molar-refractivity contribution in [2.45, 2.75) is 18.4 Å². The first-order chi connectivity index (χ1) is 7.27. The third-order valence-electron chi connectivity index (χ3n) is 2.89. The number of nitrogens with two attached hydrogens (primary N) is 1. The molecular formula is C10H19N3O2S. The molecule has 0 aromatic rings. The third-order valence-corrected chi connectivity index (χ3v) is 3.81. The molecule has 0 radical (unpaired) electrons. The summed E-state index contributed by atoms with van der Waals surface area (Å²) in [6, 6.07) is 2.16. The molecule has 16 heavy (non-hydrogen) atoms. The average Bonchev–Trinajstić information content (AvgIpc) is 2.96. The van der Waals surface area contributed by atoms with Gasteiger partial charge in [0, 0.05) is 19.3 Å². The van der Waals surface area contributed by atoms with E-state index in [9.17, 15) is 8.42 Å². The minimum atomic E-state index is -2.95. The van der Waals surface area contributed by atoms with Crippen LogP contribution in [0.4, 0.5) is 0 Å². The van der Waals surface area contributed by atoms with Crippen LogP contribution in [0.25, 0.3) is 0 Å². The van der Waals surface area contributed by atoms with Gasteiger partial charge in [0.25, 0.3) is 0 Å². The molecule has 6 heteroatoms. The van der Waals surface area contributed by atoms with Gasteiger partial charge in [-0.3, -0.25) is 0 Å². The van der Waals surface area contributed by atoms with E-state index >= 15 is 0 Å². The van der Waals surface area contributed by atoms with Crippen molar-refractivity contribution >= 4 is 9.84 Å². The molecule has 1 aliphatic carbocycles. The Morgan fingerprint density at radius 2 is 2.12 bits per heavy atom. The number of nitrogens with zero attached hydrogens (tertiary/aromatic N) is 2. The van der Waals surface area contributed by atoms with Crippen LogP contribution in [-0.4, -0.2) is 51.0 Å². The molecule has 1 aliphatic rings. The summed E-state index contributed by atoms with van der Waals surface area (Å²) in [7, 11) is -1.15. The summed E-state index contributed by atoms with van der Waals surface area (Å²) in [4.78, 5) is 1.82. The van der Waals surface area contributed by atoms with E-state index in [1.54, 1.807) is 7.05 Å². The first-order valence-corrected chi connectivity index (χ1v) is 7.39. The van der Waals surface area contributed by atoms with Crippen LogP contribution in [-0.2, 0) is 9.84 Å². The van der Waals surface area contributed by atoms with E-state index in [0.717, 1.165) is 12.8 Å². The average molecular weight is 245 g/mol. The summed E-state index contributed by atoms with van der Waals surface area (Å²) in [6.45, 7) is 0.857. The SMILES string of the molecule is CN(CCS(C)(=O)=O)CC(N)(C#N)C1CC1. The molecule has 92 valence electrons. The highest BCUT2D eigenvalue weighted by molar-refractivity contribution is 7.90. The van der Waals surface area contributed by atoms with Crippen molar-refractivity contribution in [2.24, 2.45) is 11.7 Å². The molecule has 1 atom stereocenters. The van der Waals surface area contributed by atoms with E-state index in [0.29, 0.717) is 13.1 Å². The summed E-state index contributed by atoms with van der Waals surface area (Å²) < 4.78 is 22.0. The molecule has 0 amide bonds. The molecule has 0 bridgehead atoms. The first-order valence-electron chi connectivity index (χ1n) is 5.33. The number of nitriles is 1. The van der Waals surface area contributed by atoms with Gasteiger partial charge in [-0.2, -0.15) is 5.26 Å². The zero-order valence-electron chi connectivity index (χ0n) is 9.81. The monoisotopic (exact) mass is 245 g/mol. The Hall–Kier alpha value is -0.640. The molecule has 0 saturated heterocycles. The lowest BCUT2D eigenvalue weighted by atomic mass is 9.96. The van der Waals surface area contributed by atoms with Gasteiger partial charge in [0.2, 0.25) is 0 Å². The Morgan fingerprint density at radius 1 is 1.56 bits per heavy atom. The predicted molar refractivity (Wildman–Crippen MR) is 62.5 cm³/mol. The summed E-state index contributed by atoms with van der Waals surface area (Å²) in [5, 5.41) is 9.05. The third kappa shape index (κ3) is 4.08. The number of rotatable bonds is 6. The fraction of sp³-hybridized carbons (Fsp3) is 0.900. The van der Waals surface area contributed by atoms with Gasteiger partial charge in [-0.15, -0.1) is 0 Å². The van der Waals surface area contributed by atoms with Crippen molar-refractivity contribution in [2.75, 3.05) is 32.1 Å². The minimum absolute atomic E-state index is 0.107. The highest BCUT2D eigenvalue weighted by atomic mass is 32.2. The second-order valence-corrected chi connectivity index (χ2v) is 7.05. The Kier molecular flexibility index (Phi) is 3.94. The minimum Gasteiger partial charge on any atom is -0.312 e. The van der Waals surface area contributed by atoms with Gasteiger partial charge >= 0.3 is 0 Å². The highest BCUT2D eigenvalue weighted by Crippen LogP contribution is 2.38. The molecule has 0 aliphatic heterocycles. The lowest BCUT2D eigenvalue weighted by molar-refractivity contribution is 0.275. The van der Waals surface area contributed by atoms with Crippen LogP contribution in [0.15, 0.2) is 0 Å². The molecule has 0 spiro atoms. The molecule has 1 rings (SSSR count). The van der Waals surface area contributed by atoms with Crippen molar-refractivity contribution in [3.05, 3.63) is 0 Å². The normalized spacial score (nSPS) is 20.4. The van der Waals surface area contributed by atoms with Gasteiger partial charge in [-0.05, 0) is 25.8 Å². The van der Waals surface area contributed by atoms with Gasteiger partial charge < -0.3 is 10.6 Å². The lowest BCUT2D eigenvalue weighted by Gasteiger charge is -2.27. The topological polar surface area (TPSA) is 87.2 Å². The zero-order chi connectivity index (χ0) is 12.4. The van der Waals surface area contributed by atoms with Gasteiger partial charge in [0.1, 0.15) is 15.4 Å². The summed E-state index contributed by atoms with van der Waals surface area (Å²) in [5.74, 6) is 0.383. The molecule has 0 aromatic carbocycles. The molecule has 1 unspecified atom stereocenters. The van der Waals surface area contributed by atoms with E-state index < -0.39 is 15.4 Å². The fourth-order valence-electron chi connectivity index (χ4n) is 1.70. The Bertz CT molecular complexity index is 383. The molecule has 1 saturated carbocycles. The lowest BCUT2D eigenvalue weighted by Crippen LogP contribution is -2.50. The van der Waals surface area contributed by atoms with Gasteiger partial charge in [0.05, 0.1) is 11.8 Å². The van der Waals surface area contributed by atoms with Gasteiger partial charge in [-0.25, -0.2) is 8.42 Å². The molecule has 0 heterocycles. The van der Waals surface area contributed by atoms with Crippen LogP contribution in [0.2, 0.25) is 0 Å². The van der Waals surface area contributed by atoms with E-state index in [4.69, 9.17) is 11.0 Å². The number of hydrogen-bond acceptors (Lipinski definition) is 5. The number of hydrogen-bond donors (Lipinski definition) is 1.